The van der Waals surface area contributed by atoms with Crippen molar-refractivity contribution in [3.63, 3.8) is 0 Å². The van der Waals surface area contributed by atoms with Gasteiger partial charge in [-0.3, -0.25) is 4.90 Å². The molecule has 26 heavy (non-hydrogen) atoms. The first kappa shape index (κ1) is 16.8. The molecule has 1 aromatic carbocycles. The number of ether oxygens (including phenoxy) is 1. The molecule has 6 heteroatoms. The fraction of sp³-hybridized carbons (Fsp3) is 0.400. The molecule has 0 amide bonds. The van der Waals surface area contributed by atoms with Crippen molar-refractivity contribution in [1.29, 1.82) is 0 Å². The number of methoxy groups -OCH3 is 1. The van der Waals surface area contributed by atoms with Crippen LogP contribution in [0.3, 0.4) is 0 Å². The molecule has 3 aromatic rings. The molecule has 1 atom stereocenters. The number of hydrogen-bond acceptors (Lipinski definition) is 4. The fourth-order valence-corrected chi connectivity index (χ4v) is 3.83. The molecule has 136 valence electrons. The normalized spacial score (nSPS) is 18.1. The summed E-state index contributed by atoms with van der Waals surface area (Å²) in [4.78, 5) is 6.71. The smallest absolute Gasteiger partial charge is 0.119 e. The number of piperidine rings is 1. The van der Waals surface area contributed by atoms with E-state index >= 15 is 0 Å². The van der Waals surface area contributed by atoms with E-state index in [0.29, 0.717) is 5.92 Å². The molecule has 1 saturated heterocycles. The number of rotatable bonds is 6. The number of benzene rings is 1. The summed E-state index contributed by atoms with van der Waals surface area (Å²) in [7, 11) is 1.72. The SMILES string of the molecule is COc1ccc(-n2cccn2)c(CN2CCCC(Cn3ccnc3)C2)c1. The third-order valence-corrected chi connectivity index (χ3v) is 5.06. The van der Waals surface area contributed by atoms with Gasteiger partial charge in [0.15, 0.2) is 0 Å². The van der Waals surface area contributed by atoms with Crippen molar-refractivity contribution < 1.29 is 4.74 Å². The molecule has 0 bridgehead atoms. The summed E-state index contributed by atoms with van der Waals surface area (Å²) in [5, 5.41) is 4.41. The first-order valence-electron chi connectivity index (χ1n) is 9.17. The molecule has 4 rings (SSSR count). The van der Waals surface area contributed by atoms with Crippen molar-refractivity contribution in [2.75, 3.05) is 20.2 Å². The number of likely N-dealkylation sites (tertiary alicyclic amines) is 1. The van der Waals surface area contributed by atoms with Gasteiger partial charge < -0.3 is 9.30 Å². The second-order valence-electron chi connectivity index (χ2n) is 6.95. The van der Waals surface area contributed by atoms with Gasteiger partial charge in [0.2, 0.25) is 0 Å². The second-order valence-corrected chi connectivity index (χ2v) is 6.95. The van der Waals surface area contributed by atoms with Gasteiger partial charge in [-0.05, 0) is 55.1 Å². The average Bonchev–Trinajstić information content (AvgIpc) is 3.36. The number of nitrogens with zero attached hydrogens (tertiary/aromatic N) is 5. The molecule has 1 aliphatic rings. The maximum atomic E-state index is 5.45. The number of imidazole rings is 1. The largest absolute Gasteiger partial charge is 0.497 e. The van der Waals surface area contributed by atoms with Gasteiger partial charge >= 0.3 is 0 Å². The first-order chi connectivity index (χ1) is 12.8. The van der Waals surface area contributed by atoms with Gasteiger partial charge in [-0.25, -0.2) is 9.67 Å². The standard InChI is InChI=1S/C20H25N5O/c1-26-19-5-6-20(25-10-3-7-22-25)18(12-19)15-23-9-2-4-17(13-23)14-24-11-8-21-16-24/h3,5-8,10-12,16-17H,2,4,9,13-15H2,1H3. The fourth-order valence-electron chi connectivity index (χ4n) is 3.83. The lowest BCUT2D eigenvalue weighted by Gasteiger charge is -2.33. The van der Waals surface area contributed by atoms with E-state index in [0.717, 1.165) is 37.6 Å². The van der Waals surface area contributed by atoms with E-state index < -0.39 is 0 Å². The van der Waals surface area contributed by atoms with Crippen LogP contribution >= 0.6 is 0 Å². The van der Waals surface area contributed by atoms with Crippen LogP contribution in [0.2, 0.25) is 0 Å². The molecule has 1 fully saturated rings. The van der Waals surface area contributed by atoms with Crippen molar-refractivity contribution >= 4 is 0 Å². The number of aromatic nitrogens is 4. The van der Waals surface area contributed by atoms with Gasteiger partial charge in [-0.1, -0.05) is 0 Å². The Kier molecular flexibility index (Phi) is 5.02. The Balaban J connectivity index is 1.50. The zero-order valence-corrected chi connectivity index (χ0v) is 15.2. The summed E-state index contributed by atoms with van der Waals surface area (Å²) in [6.45, 7) is 4.19. The molecule has 0 saturated carbocycles. The molecule has 0 spiro atoms. The Labute approximate surface area is 154 Å². The molecule has 1 aliphatic heterocycles. The van der Waals surface area contributed by atoms with Crippen LogP contribution in [0.4, 0.5) is 0 Å². The molecule has 0 radical (unpaired) electrons. The minimum absolute atomic E-state index is 0.664. The third kappa shape index (κ3) is 3.80. The maximum absolute atomic E-state index is 5.45. The first-order valence-corrected chi connectivity index (χ1v) is 9.17. The Hall–Kier alpha value is -2.60. The van der Waals surface area contributed by atoms with Crippen LogP contribution in [0.25, 0.3) is 5.69 Å². The van der Waals surface area contributed by atoms with Crippen molar-refractivity contribution in [3.8, 4) is 11.4 Å². The topological polar surface area (TPSA) is 48.1 Å². The van der Waals surface area contributed by atoms with Crippen molar-refractivity contribution in [1.82, 2.24) is 24.2 Å². The zero-order valence-electron chi connectivity index (χ0n) is 15.2. The predicted octanol–water partition coefficient (Wildman–Crippen LogP) is 2.99. The summed E-state index contributed by atoms with van der Waals surface area (Å²) in [6, 6.07) is 8.18. The number of hydrogen-bond donors (Lipinski definition) is 0. The molecular weight excluding hydrogens is 326 g/mol. The maximum Gasteiger partial charge on any atom is 0.119 e. The van der Waals surface area contributed by atoms with Crippen molar-refractivity contribution in [3.05, 3.63) is 60.9 Å². The van der Waals surface area contributed by atoms with Crippen LogP contribution in [0.1, 0.15) is 18.4 Å². The highest BCUT2D eigenvalue weighted by Gasteiger charge is 2.21. The lowest BCUT2D eigenvalue weighted by molar-refractivity contribution is 0.156. The van der Waals surface area contributed by atoms with Gasteiger partial charge in [0.1, 0.15) is 5.75 Å². The van der Waals surface area contributed by atoms with Crippen LogP contribution in [0.15, 0.2) is 55.4 Å². The van der Waals surface area contributed by atoms with E-state index in [-0.39, 0.29) is 0 Å². The summed E-state index contributed by atoms with van der Waals surface area (Å²) >= 11 is 0. The Bertz CT molecular complexity index is 813. The van der Waals surface area contributed by atoms with E-state index in [1.165, 1.54) is 18.4 Å². The highest BCUT2D eigenvalue weighted by atomic mass is 16.5. The Morgan fingerprint density at radius 3 is 2.96 bits per heavy atom. The van der Waals surface area contributed by atoms with Gasteiger partial charge in [-0.15, -0.1) is 0 Å². The van der Waals surface area contributed by atoms with Gasteiger partial charge in [0, 0.05) is 44.4 Å². The highest BCUT2D eigenvalue weighted by molar-refractivity contribution is 5.45. The molecule has 0 N–H and O–H groups in total. The minimum atomic E-state index is 0.664. The minimum Gasteiger partial charge on any atom is -0.497 e. The highest BCUT2D eigenvalue weighted by Crippen LogP contribution is 2.25. The summed E-state index contributed by atoms with van der Waals surface area (Å²) in [6.07, 6.45) is 12.1. The zero-order chi connectivity index (χ0) is 17.8. The van der Waals surface area contributed by atoms with Gasteiger partial charge in [-0.2, -0.15) is 5.10 Å². The van der Waals surface area contributed by atoms with Crippen LogP contribution < -0.4 is 4.74 Å². The van der Waals surface area contributed by atoms with E-state index in [4.69, 9.17) is 4.74 Å². The Morgan fingerprint density at radius 1 is 1.23 bits per heavy atom. The quantitative estimate of drug-likeness (QED) is 0.685. The van der Waals surface area contributed by atoms with Crippen molar-refractivity contribution in [2.45, 2.75) is 25.9 Å². The van der Waals surface area contributed by atoms with E-state index in [9.17, 15) is 0 Å². The molecular formula is C20H25N5O. The van der Waals surface area contributed by atoms with Crippen LogP contribution in [-0.2, 0) is 13.1 Å². The summed E-state index contributed by atoms with van der Waals surface area (Å²) in [5.41, 5.74) is 2.36. The van der Waals surface area contributed by atoms with Crippen LogP contribution in [-0.4, -0.2) is 44.4 Å². The van der Waals surface area contributed by atoms with Crippen LogP contribution in [0, 0.1) is 5.92 Å². The molecule has 0 aliphatic carbocycles. The van der Waals surface area contributed by atoms with Gasteiger partial charge in [0.25, 0.3) is 0 Å². The lowest BCUT2D eigenvalue weighted by atomic mass is 9.97. The van der Waals surface area contributed by atoms with E-state index in [1.807, 2.05) is 41.7 Å². The van der Waals surface area contributed by atoms with E-state index in [1.54, 1.807) is 7.11 Å². The predicted molar refractivity (Wildman–Crippen MR) is 100 cm³/mol. The van der Waals surface area contributed by atoms with Crippen molar-refractivity contribution in [2.24, 2.45) is 5.92 Å². The summed E-state index contributed by atoms with van der Waals surface area (Å²) < 4.78 is 9.57. The molecule has 1 unspecified atom stereocenters. The molecule has 6 nitrogen and oxygen atoms in total. The summed E-state index contributed by atoms with van der Waals surface area (Å²) in [5.74, 6) is 1.56. The van der Waals surface area contributed by atoms with E-state index in [2.05, 4.69) is 37.9 Å². The van der Waals surface area contributed by atoms with Gasteiger partial charge in [0.05, 0.1) is 19.1 Å². The molecule has 2 aromatic heterocycles. The lowest BCUT2D eigenvalue weighted by Crippen LogP contribution is -2.36. The molecule has 3 heterocycles. The second kappa shape index (κ2) is 7.74. The Morgan fingerprint density at radius 2 is 2.19 bits per heavy atom. The van der Waals surface area contributed by atoms with Crippen LogP contribution in [0.5, 0.6) is 5.75 Å². The monoisotopic (exact) mass is 351 g/mol. The average molecular weight is 351 g/mol. The third-order valence-electron chi connectivity index (χ3n) is 5.06.